The second-order valence-corrected chi connectivity index (χ2v) is 4.56. The lowest BCUT2D eigenvalue weighted by atomic mass is 10.0. The number of imidazole rings is 1. The number of benzene rings is 1. The number of carboxylic acid groups (broad SMARTS) is 1. The molecule has 0 aliphatic heterocycles. The van der Waals surface area contributed by atoms with Gasteiger partial charge in [0.1, 0.15) is 5.82 Å². The third-order valence-corrected chi connectivity index (χ3v) is 3.08. The highest BCUT2D eigenvalue weighted by molar-refractivity contribution is 5.75. The molecule has 0 bridgehead atoms. The fraction of sp³-hybridized carbons (Fsp3) is 0.286. The van der Waals surface area contributed by atoms with Crippen LogP contribution in [0.2, 0.25) is 0 Å². The molecule has 0 saturated heterocycles. The molecule has 0 amide bonds. The Hall–Kier alpha value is -2.14. The normalized spacial score (nSPS) is 12.4. The minimum atomic E-state index is -0.955. The molecule has 2 rings (SSSR count). The summed E-state index contributed by atoms with van der Waals surface area (Å²) in [7, 11) is 1.60. The smallest absolute Gasteiger partial charge is 0.328 e. The van der Waals surface area contributed by atoms with Crippen molar-refractivity contribution in [2.24, 2.45) is 0 Å². The minimum absolute atomic E-state index is 0.407. The number of hydrogen-bond donors (Lipinski definition) is 3. The molecule has 1 aromatic heterocycles. The first-order valence-corrected chi connectivity index (χ1v) is 6.05. The van der Waals surface area contributed by atoms with Gasteiger partial charge in [-0.05, 0) is 26.5 Å². The molecule has 5 nitrogen and oxygen atoms in total. The zero-order valence-electron chi connectivity index (χ0n) is 11.2. The quantitative estimate of drug-likeness (QED) is 0.785. The number of H-pyrrole nitrogens is 1. The second-order valence-electron chi connectivity index (χ2n) is 4.56. The van der Waals surface area contributed by atoms with Gasteiger partial charge in [0.05, 0.1) is 11.9 Å². The maximum absolute atomic E-state index is 11.1. The first-order valence-electron chi connectivity index (χ1n) is 6.05. The number of hydrogen-bond acceptors (Lipinski definition) is 3. The number of nitrogens with one attached hydrogen (secondary N) is 2. The second kappa shape index (κ2) is 5.24. The van der Waals surface area contributed by atoms with E-state index in [-0.39, 0.29) is 0 Å². The van der Waals surface area contributed by atoms with Gasteiger partial charge in [0.15, 0.2) is 6.04 Å². The summed E-state index contributed by atoms with van der Waals surface area (Å²) in [6, 6.07) is 5.30. The SMILES string of the molecule is CNC(C(=O)O)c1ncc(-c2ccc(C)cc2C)[nH]1. The molecule has 0 fully saturated rings. The topological polar surface area (TPSA) is 78.0 Å². The van der Waals surface area contributed by atoms with Crippen molar-refractivity contribution in [3.05, 3.63) is 41.3 Å². The van der Waals surface area contributed by atoms with E-state index in [2.05, 4.69) is 21.4 Å². The van der Waals surface area contributed by atoms with Gasteiger partial charge in [-0.25, -0.2) is 4.98 Å². The molecule has 100 valence electrons. The Bertz CT molecular complexity index is 604. The number of aromatic amines is 1. The molecule has 2 aromatic rings. The number of aryl methyl sites for hydroxylation is 2. The van der Waals surface area contributed by atoms with Gasteiger partial charge in [0.2, 0.25) is 0 Å². The monoisotopic (exact) mass is 259 g/mol. The Kier molecular flexibility index (Phi) is 3.66. The van der Waals surface area contributed by atoms with Gasteiger partial charge in [-0.1, -0.05) is 23.8 Å². The van der Waals surface area contributed by atoms with Gasteiger partial charge >= 0.3 is 5.97 Å². The molecular weight excluding hydrogens is 242 g/mol. The van der Waals surface area contributed by atoms with Crippen LogP contribution in [0.4, 0.5) is 0 Å². The number of nitrogens with zero attached hydrogens (tertiary/aromatic N) is 1. The molecule has 1 aromatic carbocycles. The van der Waals surface area contributed by atoms with Gasteiger partial charge in [-0.3, -0.25) is 4.79 Å². The molecule has 0 aliphatic carbocycles. The van der Waals surface area contributed by atoms with Crippen LogP contribution in [0.1, 0.15) is 23.0 Å². The summed E-state index contributed by atoms with van der Waals surface area (Å²) in [5, 5.41) is 11.8. The Balaban J connectivity index is 2.38. The van der Waals surface area contributed by atoms with E-state index in [1.165, 1.54) is 5.56 Å². The van der Waals surface area contributed by atoms with Crippen LogP contribution in [0, 0.1) is 13.8 Å². The van der Waals surface area contributed by atoms with Crippen molar-refractivity contribution in [3.63, 3.8) is 0 Å². The van der Waals surface area contributed by atoms with E-state index in [0.717, 1.165) is 16.8 Å². The predicted molar refractivity (Wildman–Crippen MR) is 72.9 cm³/mol. The molecule has 5 heteroatoms. The first-order chi connectivity index (χ1) is 9.02. The van der Waals surface area contributed by atoms with Crippen LogP contribution in [0.5, 0.6) is 0 Å². The Morgan fingerprint density at radius 1 is 1.42 bits per heavy atom. The Morgan fingerprint density at radius 2 is 2.16 bits per heavy atom. The molecule has 0 saturated carbocycles. The third-order valence-electron chi connectivity index (χ3n) is 3.08. The summed E-state index contributed by atoms with van der Waals surface area (Å²) in [5.41, 5.74) is 4.18. The van der Waals surface area contributed by atoms with Crippen LogP contribution in [0.15, 0.2) is 24.4 Å². The number of aromatic nitrogens is 2. The van der Waals surface area contributed by atoms with Crippen molar-refractivity contribution in [3.8, 4) is 11.3 Å². The fourth-order valence-corrected chi connectivity index (χ4v) is 2.11. The van der Waals surface area contributed by atoms with Crippen molar-refractivity contribution < 1.29 is 9.90 Å². The summed E-state index contributed by atoms with van der Waals surface area (Å²) in [6.07, 6.45) is 1.67. The van der Waals surface area contributed by atoms with E-state index >= 15 is 0 Å². The molecule has 1 heterocycles. The van der Waals surface area contributed by atoms with Crippen molar-refractivity contribution in [1.29, 1.82) is 0 Å². The van der Waals surface area contributed by atoms with E-state index in [4.69, 9.17) is 5.11 Å². The lowest BCUT2D eigenvalue weighted by molar-refractivity contribution is -0.139. The Morgan fingerprint density at radius 3 is 2.74 bits per heavy atom. The summed E-state index contributed by atoms with van der Waals surface area (Å²) in [4.78, 5) is 18.3. The van der Waals surface area contributed by atoms with Crippen LogP contribution in [0.3, 0.4) is 0 Å². The minimum Gasteiger partial charge on any atom is -0.480 e. The highest BCUT2D eigenvalue weighted by Crippen LogP contribution is 2.23. The standard InChI is InChI=1S/C14H17N3O2/c1-8-4-5-10(9(2)6-8)11-7-16-13(17-11)12(15-3)14(18)19/h4-7,12,15H,1-3H3,(H,16,17)(H,18,19). The largest absolute Gasteiger partial charge is 0.480 e. The third kappa shape index (κ3) is 2.66. The molecule has 0 spiro atoms. The van der Waals surface area contributed by atoms with Gasteiger partial charge in [-0.15, -0.1) is 0 Å². The van der Waals surface area contributed by atoms with Crippen LogP contribution >= 0.6 is 0 Å². The average molecular weight is 259 g/mol. The van der Waals surface area contributed by atoms with E-state index in [1.807, 2.05) is 26.0 Å². The number of likely N-dealkylation sites (N-methyl/N-ethyl adjacent to an activating group) is 1. The van der Waals surface area contributed by atoms with Crippen molar-refractivity contribution in [2.45, 2.75) is 19.9 Å². The maximum Gasteiger partial charge on any atom is 0.328 e. The van der Waals surface area contributed by atoms with Crippen LogP contribution in [-0.2, 0) is 4.79 Å². The summed E-state index contributed by atoms with van der Waals surface area (Å²) >= 11 is 0. The van der Waals surface area contributed by atoms with Crippen molar-refractivity contribution in [1.82, 2.24) is 15.3 Å². The number of rotatable bonds is 4. The highest BCUT2D eigenvalue weighted by atomic mass is 16.4. The van der Waals surface area contributed by atoms with Crippen LogP contribution in [-0.4, -0.2) is 28.1 Å². The molecule has 19 heavy (non-hydrogen) atoms. The molecule has 3 N–H and O–H groups in total. The van der Waals surface area contributed by atoms with Crippen molar-refractivity contribution in [2.75, 3.05) is 7.05 Å². The van der Waals surface area contributed by atoms with E-state index in [1.54, 1.807) is 13.2 Å². The molecular formula is C14H17N3O2. The van der Waals surface area contributed by atoms with Gasteiger partial charge < -0.3 is 15.4 Å². The van der Waals surface area contributed by atoms with Crippen LogP contribution in [0.25, 0.3) is 11.3 Å². The van der Waals surface area contributed by atoms with Gasteiger partial charge in [-0.2, -0.15) is 0 Å². The molecule has 1 atom stereocenters. The zero-order valence-corrected chi connectivity index (χ0v) is 11.2. The average Bonchev–Trinajstić information content (AvgIpc) is 2.78. The summed E-state index contributed by atoms with van der Waals surface area (Å²) in [6.45, 7) is 4.06. The van der Waals surface area contributed by atoms with Crippen molar-refractivity contribution >= 4 is 5.97 Å². The highest BCUT2D eigenvalue weighted by Gasteiger charge is 2.21. The van der Waals surface area contributed by atoms with E-state index in [0.29, 0.717) is 5.82 Å². The van der Waals surface area contributed by atoms with Gasteiger partial charge in [0, 0.05) is 5.56 Å². The molecule has 1 unspecified atom stereocenters. The summed E-state index contributed by atoms with van der Waals surface area (Å²) < 4.78 is 0. The molecule has 0 radical (unpaired) electrons. The van der Waals surface area contributed by atoms with Gasteiger partial charge in [0.25, 0.3) is 0 Å². The summed E-state index contributed by atoms with van der Waals surface area (Å²) in [5.74, 6) is -0.547. The molecule has 0 aliphatic rings. The number of aliphatic carboxylic acids is 1. The maximum atomic E-state index is 11.1. The number of carboxylic acids is 1. The van der Waals surface area contributed by atoms with Crippen LogP contribution < -0.4 is 5.32 Å². The fourth-order valence-electron chi connectivity index (χ4n) is 2.11. The zero-order chi connectivity index (χ0) is 14.0. The Labute approximate surface area is 111 Å². The van der Waals surface area contributed by atoms with E-state index in [9.17, 15) is 4.79 Å². The predicted octanol–water partition coefficient (Wildman–Crippen LogP) is 2.04. The lowest BCUT2D eigenvalue weighted by Gasteiger charge is -2.08. The first kappa shape index (κ1) is 13.3. The van der Waals surface area contributed by atoms with E-state index < -0.39 is 12.0 Å². The lowest BCUT2D eigenvalue weighted by Crippen LogP contribution is -2.26. The number of carbonyl (C=O) groups is 1.